The van der Waals surface area contributed by atoms with Crippen LogP contribution in [0.25, 0.3) is 11.3 Å². The second kappa shape index (κ2) is 3.78. The van der Waals surface area contributed by atoms with E-state index in [1.54, 1.807) is 0 Å². The SMILES string of the molecule is O=C(O)c1cc(-c2ccc(F)c(O)c2O)on1. The maximum absolute atomic E-state index is 12.9. The molecule has 88 valence electrons. The lowest BCUT2D eigenvalue weighted by Crippen LogP contribution is -1.94. The Balaban J connectivity index is 2.53. The fourth-order valence-corrected chi connectivity index (χ4v) is 1.26. The van der Waals surface area contributed by atoms with E-state index < -0.39 is 23.3 Å². The van der Waals surface area contributed by atoms with E-state index in [0.29, 0.717) is 0 Å². The molecule has 0 spiro atoms. The predicted octanol–water partition coefficient (Wildman–Crippen LogP) is 1.59. The van der Waals surface area contributed by atoms with E-state index in [4.69, 9.17) is 10.2 Å². The number of halogens is 1. The molecule has 0 fully saturated rings. The number of aromatic hydroxyl groups is 2. The molecule has 17 heavy (non-hydrogen) atoms. The summed E-state index contributed by atoms with van der Waals surface area (Å²) in [4.78, 5) is 10.6. The number of aromatic carboxylic acids is 1. The van der Waals surface area contributed by atoms with Gasteiger partial charge < -0.3 is 19.8 Å². The molecule has 2 aromatic rings. The van der Waals surface area contributed by atoms with Crippen LogP contribution in [0.3, 0.4) is 0 Å². The van der Waals surface area contributed by atoms with E-state index in [2.05, 4.69) is 9.68 Å². The number of phenolic OH excluding ortho intramolecular Hbond substituents is 2. The Morgan fingerprint density at radius 1 is 1.29 bits per heavy atom. The highest BCUT2D eigenvalue weighted by atomic mass is 19.1. The standard InChI is InChI=1S/C10H6FNO5/c11-5-2-1-4(8(13)9(5)14)7-3-6(10(15)16)12-17-7/h1-3,13-14H,(H,15,16). The first-order chi connectivity index (χ1) is 8.00. The third-order valence-corrected chi connectivity index (χ3v) is 2.10. The van der Waals surface area contributed by atoms with Crippen molar-refractivity contribution in [3.8, 4) is 22.8 Å². The number of carboxylic acid groups (broad SMARTS) is 1. The molecule has 0 atom stereocenters. The first-order valence-electron chi connectivity index (χ1n) is 4.41. The van der Waals surface area contributed by atoms with E-state index >= 15 is 0 Å². The van der Waals surface area contributed by atoms with Crippen LogP contribution in [0.5, 0.6) is 11.5 Å². The van der Waals surface area contributed by atoms with Gasteiger partial charge in [-0.3, -0.25) is 0 Å². The van der Waals surface area contributed by atoms with Crippen LogP contribution < -0.4 is 0 Å². The summed E-state index contributed by atoms with van der Waals surface area (Å²) in [6.45, 7) is 0. The number of hydrogen-bond acceptors (Lipinski definition) is 5. The largest absolute Gasteiger partial charge is 0.504 e. The Labute approximate surface area is 93.5 Å². The van der Waals surface area contributed by atoms with Crippen molar-refractivity contribution in [1.82, 2.24) is 5.16 Å². The van der Waals surface area contributed by atoms with Gasteiger partial charge in [0.15, 0.2) is 28.8 Å². The van der Waals surface area contributed by atoms with Crippen LogP contribution in [0.4, 0.5) is 4.39 Å². The molecule has 3 N–H and O–H groups in total. The summed E-state index contributed by atoms with van der Waals surface area (Å²) in [5, 5.41) is 30.5. The first-order valence-corrected chi connectivity index (χ1v) is 4.41. The fraction of sp³-hybridized carbons (Fsp3) is 0. The van der Waals surface area contributed by atoms with Gasteiger partial charge in [0.25, 0.3) is 0 Å². The molecule has 6 nitrogen and oxygen atoms in total. The molecule has 0 unspecified atom stereocenters. The summed E-state index contributed by atoms with van der Waals surface area (Å²) < 4.78 is 17.5. The normalized spacial score (nSPS) is 10.4. The quantitative estimate of drug-likeness (QED) is 0.687. The summed E-state index contributed by atoms with van der Waals surface area (Å²) in [6, 6.07) is 3.10. The predicted molar refractivity (Wildman–Crippen MR) is 52.2 cm³/mol. The molecule has 0 saturated carbocycles. The molecule has 0 aliphatic rings. The van der Waals surface area contributed by atoms with E-state index in [1.165, 1.54) is 0 Å². The number of carboxylic acids is 1. The van der Waals surface area contributed by atoms with Crippen molar-refractivity contribution in [1.29, 1.82) is 0 Å². The van der Waals surface area contributed by atoms with Crippen molar-refractivity contribution in [3.05, 3.63) is 29.7 Å². The van der Waals surface area contributed by atoms with Gasteiger partial charge in [0.2, 0.25) is 0 Å². The zero-order valence-electron chi connectivity index (χ0n) is 8.22. The van der Waals surface area contributed by atoms with Crippen molar-refractivity contribution in [2.45, 2.75) is 0 Å². The average molecular weight is 239 g/mol. The molecule has 0 amide bonds. The van der Waals surface area contributed by atoms with Crippen LogP contribution in [-0.2, 0) is 0 Å². The molecule has 0 aliphatic carbocycles. The molecule has 2 rings (SSSR count). The van der Waals surface area contributed by atoms with Crippen LogP contribution in [0.2, 0.25) is 0 Å². The van der Waals surface area contributed by atoms with Crippen LogP contribution in [0.15, 0.2) is 22.7 Å². The Kier molecular flexibility index (Phi) is 2.43. The van der Waals surface area contributed by atoms with Gasteiger partial charge in [-0.25, -0.2) is 9.18 Å². The van der Waals surface area contributed by atoms with E-state index in [-0.39, 0.29) is 17.0 Å². The monoisotopic (exact) mass is 239 g/mol. The molecule has 1 heterocycles. The Hall–Kier alpha value is -2.57. The van der Waals surface area contributed by atoms with Crippen LogP contribution in [-0.4, -0.2) is 26.4 Å². The zero-order valence-corrected chi connectivity index (χ0v) is 8.22. The lowest BCUT2D eigenvalue weighted by atomic mass is 10.1. The summed E-state index contributed by atoms with van der Waals surface area (Å²) in [6.07, 6.45) is 0. The molecule has 0 radical (unpaired) electrons. The van der Waals surface area contributed by atoms with Crippen LogP contribution >= 0.6 is 0 Å². The van der Waals surface area contributed by atoms with Crippen molar-refractivity contribution in [3.63, 3.8) is 0 Å². The van der Waals surface area contributed by atoms with Crippen LogP contribution in [0.1, 0.15) is 10.5 Å². The minimum atomic E-state index is -1.30. The molecule has 7 heteroatoms. The minimum absolute atomic E-state index is 0.0519. The van der Waals surface area contributed by atoms with Gasteiger partial charge in [0, 0.05) is 6.07 Å². The smallest absolute Gasteiger partial charge is 0.358 e. The maximum Gasteiger partial charge on any atom is 0.358 e. The molecule has 1 aromatic carbocycles. The van der Waals surface area contributed by atoms with Crippen molar-refractivity contribution < 1.29 is 29.0 Å². The summed E-state index contributed by atoms with van der Waals surface area (Å²) in [7, 11) is 0. The number of carbonyl (C=O) groups is 1. The Morgan fingerprint density at radius 3 is 2.59 bits per heavy atom. The minimum Gasteiger partial charge on any atom is -0.504 e. The van der Waals surface area contributed by atoms with Gasteiger partial charge >= 0.3 is 5.97 Å². The van der Waals surface area contributed by atoms with Gasteiger partial charge in [0.1, 0.15) is 0 Å². The van der Waals surface area contributed by atoms with E-state index in [1.807, 2.05) is 0 Å². The van der Waals surface area contributed by atoms with Gasteiger partial charge in [-0.15, -0.1) is 0 Å². The lowest BCUT2D eigenvalue weighted by molar-refractivity contribution is 0.0686. The number of phenols is 2. The third-order valence-electron chi connectivity index (χ3n) is 2.10. The van der Waals surface area contributed by atoms with E-state index in [9.17, 15) is 14.3 Å². The topological polar surface area (TPSA) is 104 Å². The molecular formula is C10H6FNO5. The van der Waals surface area contributed by atoms with Crippen molar-refractivity contribution in [2.24, 2.45) is 0 Å². The van der Waals surface area contributed by atoms with Crippen molar-refractivity contribution >= 4 is 5.97 Å². The first kappa shape index (κ1) is 10.9. The van der Waals surface area contributed by atoms with Crippen LogP contribution in [0, 0.1) is 5.82 Å². The molecular weight excluding hydrogens is 233 g/mol. The Bertz CT molecular complexity index is 592. The average Bonchev–Trinajstić information content (AvgIpc) is 2.75. The van der Waals surface area contributed by atoms with Gasteiger partial charge in [-0.2, -0.15) is 0 Å². The lowest BCUT2D eigenvalue weighted by Gasteiger charge is -2.02. The fourth-order valence-electron chi connectivity index (χ4n) is 1.26. The van der Waals surface area contributed by atoms with Gasteiger partial charge in [0.05, 0.1) is 5.56 Å². The number of nitrogens with zero attached hydrogens (tertiary/aromatic N) is 1. The van der Waals surface area contributed by atoms with E-state index in [0.717, 1.165) is 18.2 Å². The second-order valence-electron chi connectivity index (χ2n) is 3.17. The Morgan fingerprint density at radius 2 is 2.00 bits per heavy atom. The molecule has 0 aliphatic heterocycles. The summed E-state index contributed by atoms with van der Waals surface area (Å²) in [5.74, 6) is -4.06. The van der Waals surface area contributed by atoms with Gasteiger partial charge in [-0.1, -0.05) is 5.16 Å². The number of benzene rings is 1. The number of hydrogen-bond donors (Lipinski definition) is 3. The molecule has 0 bridgehead atoms. The van der Waals surface area contributed by atoms with Crippen molar-refractivity contribution in [2.75, 3.05) is 0 Å². The second-order valence-corrected chi connectivity index (χ2v) is 3.17. The zero-order chi connectivity index (χ0) is 12.6. The maximum atomic E-state index is 12.9. The molecule has 0 saturated heterocycles. The summed E-state index contributed by atoms with van der Waals surface area (Å²) >= 11 is 0. The highest BCUT2D eigenvalue weighted by molar-refractivity contribution is 5.87. The highest BCUT2D eigenvalue weighted by Gasteiger charge is 2.18. The molecule has 1 aromatic heterocycles. The number of rotatable bonds is 2. The number of aromatic nitrogens is 1. The van der Waals surface area contributed by atoms with Gasteiger partial charge in [-0.05, 0) is 12.1 Å². The highest BCUT2D eigenvalue weighted by Crippen LogP contribution is 2.38. The third kappa shape index (κ3) is 1.78. The summed E-state index contributed by atoms with van der Waals surface area (Å²) in [5.41, 5.74) is -0.410.